The molecule has 0 aliphatic rings. The molecular weight excluding hydrogens is 321 g/mol. The highest BCUT2D eigenvalue weighted by Gasteiger charge is 2.20. The zero-order valence-corrected chi connectivity index (χ0v) is 15.3. The second kappa shape index (κ2) is 8.74. The van der Waals surface area contributed by atoms with E-state index in [4.69, 9.17) is 4.52 Å². The van der Waals surface area contributed by atoms with E-state index in [0.29, 0.717) is 42.6 Å². The van der Waals surface area contributed by atoms with Gasteiger partial charge in [-0.05, 0) is 43.5 Å². The van der Waals surface area contributed by atoms with Gasteiger partial charge < -0.3 is 9.42 Å². The largest absolute Gasteiger partial charge is 0.339 e. The van der Waals surface area contributed by atoms with E-state index in [-0.39, 0.29) is 17.8 Å². The third-order valence-corrected chi connectivity index (χ3v) is 4.16. The molecule has 0 N–H and O–H groups in total. The Morgan fingerprint density at radius 1 is 1.24 bits per heavy atom. The SMILES string of the molecule is CC[C@@H](C)N(CCc1nc(-c2ccc(F)cc2)no1)C(=O)CC(C)C. The lowest BCUT2D eigenvalue weighted by atomic mass is 10.1. The first-order chi connectivity index (χ1) is 11.9. The maximum atomic E-state index is 13.0. The number of carbonyl (C=O) groups excluding carboxylic acids is 1. The second-order valence-corrected chi connectivity index (χ2v) is 6.71. The van der Waals surface area contributed by atoms with Gasteiger partial charge in [-0.25, -0.2) is 4.39 Å². The van der Waals surface area contributed by atoms with Crippen molar-refractivity contribution >= 4 is 5.91 Å². The average Bonchev–Trinajstić information content (AvgIpc) is 3.03. The van der Waals surface area contributed by atoms with E-state index in [2.05, 4.69) is 24.0 Å². The molecule has 0 saturated heterocycles. The van der Waals surface area contributed by atoms with Crippen LogP contribution in [0.25, 0.3) is 11.4 Å². The van der Waals surface area contributed by atoms with Crippen molar-refractivity contribution in [3.05, 3.63) is 36.0 Å². The van der Waals surface area contributed by atoms with Crippen LogP contribution in [0, 0.1) is 11.7 Å². The fraction of sp³-hybridized carbons (Fsp3) is 0.526. The van der Waals surface area contributed by atoms with E-state index in [0.717, 1.165) is 6.42 Å². The lowest BCUT2D eigenvalue weighted by Crippen LogP contribution is -2.40. The van der Waals surface area contributed by atoms with Gasteiger partial charge in [-0.3, -0.25) is 4.79 Å². The molecule has 1 amide bonds. The standard InChI is InChI=1S/C19H26FN3O2/c1-5-14(4)23(18(24)12-13(2)3)11-10-17-21-19(22-25-17)15-6-8-16(20)9-7-15/h6-9,13-14H,5,10-12H2,1-4H3/t14-/m1/s1. The summed E-state index contributed by atoms with van der Waals surface area (Å²) in [5.41, 5.74) is 0.700. The van der Waals surface area contributed by atoms with E-state index < -0.39 is 0 Å². The Hall–Kier alpha value is -2.24. The van der Waals surface area contributed by atoms with Crippen LogP contribution in [-0.2, 0) is 11.2 Å². The molecule has 0 spiro atoms. The minimum absolute atomic E-state index is 0.155. The summed E-state index contributed by atoms with van der Waals surface area (Å²) in [5, 5.41) is 3.94. The van der Waals surface area contributed by atoms with E-state index in [1.165, 1.54) is 12.1 Å². The lowest BCUT2D eigenvalue weighted by Gasteiger charge is -2.29. The third kappa shape index (κ3) is 5.37. The Bertz CT molecular complexity index is 682. The minimum atomic E-state index is -0.305. The smallest absolute Gasteiger partial charge is 0.228 e. The van der Waals surface area contributed by atoms with Crippen LogP contribution in [0.1, 0.15) is 46.4 Å². The van der Waals surface area contributed by atoms with Crippen LogP contribution < -0.4 is 0 Å². The van der Waals surface area contributed by atoms with Crippen molar-refractivity contribution in [1.29, 1.82) is 0 Å². The molecule has 2 aromatic rings. The quantitative estimate of drug-likeness (QED) is 0.721. The van der Waals surface area contributed by atoms with Crippen LogP contribution in [0.15, 0.2) is 28.8 Å². The number of hydrogen-bond acceptors (Lipinski definition) is 4. The summed E-state index contributed by atoms with van der Waals surface area (Å²) in [6, 6.07) is 6.12. The first-order valence-electron chi connectivity index (χ1n) is 8.78. The molecule has 136 valence electrons. The van der Waals surface area contributed by atoms with Crippen molar-refractivity contribution in [3.63, 3.8) is 0 Å². The van der Waals surface area contributed by atoms with Crippen molar-refractivity contribution in [1.82, 2.24) is 15.0 Å². The Balaban J connectivity index is 2.02. The van der Waals surface area contributed by atoms with Gasteiger partial charge in [0, 0.05) is 31.0 Å². The molecule has 0 aliphatic heterocycles. The zero-order chi connectivity index (χ0) is 18.4. The van der Waals surface area contributed by atoms with Crippen LogP contribution in [0.3, 0.4) is 0 Å². The van der Waals surface area contributed by atoms with Crippen LogP contribution in [0.5, 0.6) is 0 Å². The van der Waals surface area contributed by atoms with E-state index >= 15 is 0 Å². The normalized spacial score (nSPS) is 12.4. The Morgan fingerprint density at radius 3 is 2.52 bits per heavy atom. The number of aromatic nitrogens is 2. The number of halogens is 1. The monoisotopic (exact) mass is 347 g/mol. The number of benzene rings is 1. The predicted octanol–water partition coefficient (Wildman–Crippen LogP) is 4.09. The summed E-state index contributed by atoms with van der Waals surface area (Å²) in [7, 11) is 0. The molecule has 1 aromatic carbocycles. The first kappa shape index (κ1) is 19.1. The molecule has 25 heavy (non-hydrogen) atoms. The van der Waals surface area contributed by atoms with Crippen molar-refractivity contribution in [2.45, 2.75) is 53.0 Å². The molecule has 0 radical (unpaired) electrons. The Labute approximate surface area is 148 Å². The van der Waals surface area contributed by atoms with Gasteiger partial charge in [0.15, 0.2) is 0 Å². The van der Waals surface area contributed by atoms with Gasteiger partial charge in [-0.1, -0.05) is 25.9 Å². The average molecular weight is 347 g/mol. The third-order valence-electron chi connectivity index (χ3n) is 4.16. The minimum Gasteiger partial charge on any atom is -0.339 e. The first-order valence-corrected chi connectivity index (χ1v) is 8.78. The van der Waals surface area contributed by atoms with Crippen LogP contribution >= 0.6 is 0 Å². The van der Waals surface area contributed by atoms with Gasteiger partial charge in [0.05, 0.1) is 0 Å². The van der Waals surface area contributed by atoms with Gasteiger partial charge in [-0.15, -0.1) is 0 Å². The highest BCUT2D eigenvalue weighted by Crippen LogP contribution is 2.17. The Morgan fingerprint density at radius 2 is 1.92 bits per heavy atom. The van der Waals surface area contributed by atoms with Gasteiger partial charge in [0.25, 0.3) is 0 Å². The van der Waals surface area contributed by atoms with Crippen molar-refractivity contribution in [2.24, 2.45) is 5.92 Å². The Kier molecular flexibility index (Phi) is 6.67. The van der Waals surface area contributed by atoms with Gasteiger partial charge >= 0.3 is 0 Å². The van der Waals surface area contributed by atoms with Crippen molar-refractivity contribution < 1.29 is 13.7 Å². The van der Waals surface area contributed by atoms with Gasteiger partial charge in [-0.2, -0.15) is 4.98 Å². The molecule has 2 rings (SSSR count). The molecule has 0 saturated carbocycles. The van der Waals surface area contributed by atoms with Gasteiger partial charge in [0.1, 0.15) is 5.82 Å². The number of nitrogens with zero attached hydrogens (tertiary/aromatic N) is 3. The predicted molar refractivity (Wildman–Crippen MR) is 94.3 cm³/mol. The summed E-state index contributed by atoms with van der Waals surface area (Å²) in [6.45, 7) is 8.75. The summed E-state index contributed by atoms with van der Waals surface area (Å²) in [5.74, 6) is 1.08. The summed E-state index contributed by atoms with van der Waals surface area (Å²) >= 11 is 0. The topological polar surface area (TPSA) is 59.2 Å². The summed E-state index contributed by atoms with van der Waals surface area (Å²) in [6.07, 6.45) is 1.94. The molecule has 0 aliphatic carbocycles. The zero-order valence-electron chi connectivity index (χ0n) is 15.3. The molecular formula is C19H26FN3O2. The van der Waals surface area contributed by atoms with Crippen LogP contribution in [-0.4, -0.2) is 33.5 Å². The van der Waals surface area contributed by atoms with E-state index in [1.807, 2.05) is 18.7 Å². The highest BCUT2D eigenvalue weighted by molar-refractivity contribution is 5.76. The maximum absolute atomic E-state index is 13.0. The molecule has 1 aromatic heterocycles. The maximum Gasteiger partial charge on any atom is 0.228 e. The van der Waals surface area contributed by atoms with E-state index in [9.17, 15) is 9.18 Å². The van der Waals surface area contributed by atoms with E-state index in [1.54, 1.807) is 12.1 Å². The van der Waals surface area contributed by atoms with Crippen molar-refractivity contribution in [3.8, 4) is 11.4 Å². The number of carbonyl (C=O) groups is 1. The highest BCUT2D eigenvalue weighted by atomic mass is 19.1. The van der Waals surface area contributed by atoms with Crippen LogP contribution in [0.2, 0.25) is 0 Å². The van der Waals surface area contributed by atoms with Crippen LogP contribution in [0.4, 0.5) is 4.39 Å². The van der Waals surface area contributed by atoms with Crippen molar-refractivity contribution in [2.75, 3.05) is 6.54 Å². The van der Waals surface area contributed by atoms with Gasteiger partial charge in [0.2, 0.25) is 17.6 Å². The molecule has 6 heteroatoms. The molecule has 0 unspecified atom stereocenters. The summed E-state index contributed by atoms with van der Waals surface area (Å²) in [4.78, 5) is 18.7. The molecule has 1 atom stereocenters. The fourth-order valence-corrected chi connectivity index (χ4v) is 2.57. The second-order valence-electron chi connectivity index (χ2n) is 6.71. The molecule has 0 fully saturated rings. The molecule has 5 nitrogen and oxygen atoms in total. The molecule has 1 heterocycles. The number of amides is 1. The fourth-order valence-electron chi connectivity index (χ4n) is 2.57. The summed E-state index contributed by atoms with van der Waals surface area (Å²) < 4.78 is 18.3. The number of hydrogen-bond donors (Lipinski definition) is 0. The number of rotatable bonds is 8. The lowest BCUT2D eigenvalue weighted by molar-refractivity contribution is -0.134. The molecule has 0 bridgehead atoms.